The largest absolute Gasteiger partial charge is 0.341 e. The van der Waals surface area contributed by atoms with Gasteiger partial charge in [-0.05, 0) is 18.7 Å². The summed E-state index contributed by atoms with van der Waals surface area (Å²) in [6.45, 7) is 3.34. The third kappa shape index (κ3) is 2.53. The van der Waals surface area contributed by atoms with Crippen molar-refractivity contribution in [3.8, 4) is 11.4 Å². The Balaban J connectivity index is 2.28. The minimum absolute atomic E-state index is 0.175. The van der Waals surface area contributed by atoms with Crippen molar-refractivity contribution >= 4 is 0 Å². The molecule has 0 aliphatic carbocycles. The molecule has 1 aromatic heterocycles. The van der Waals surface area contributed by atoms with Gasteiger partial charge in [0.15, 0.2) is 17.5 Å². The number of aromatic amines is 1. The fourth-order valence-electron chi connectivity index (χ4n) is 1.55. The number of benzene rings is 1. The van der Waals surface area contributed by atoms with E-state index in [0.717, 1.165) is 24.4 Å². The molecule has 0 bridgehead atoms. The monoisotopic (exact) mass is 255 g/mol. The van der Waals surface area contributed by atoms with Gasteiger partial charge in [-0.3, -0.25) is 0 Å². The number of hydrogen-bond donors (Lipinski definition) is 2. The van der Waals surface area contributed by atoms with Crippen molar-refractivity contribution in [1.82, 2.24) is 15.3 Å². The molecule has 0 saturated carbocycles. The summed E-state index contributed by atoms with van der Waals surface area (Å²) in [6.07, 6.45) is 1.57. The summed E-state index contributed by atoms with van der Waals surface area (Å²) < 4.78 is 38.9. The number of nitrogens with one attached hydrogen (secondary N) is 2. The number of H-pyrrole nitrogens is 1. The van der Waals surface area contributed by atoms with Crippen LogP contribution in [0.15, 0.2) is 18.3 Å². The molecule has 2 rings (SSSR count). The van der Waals surface area contributed by atoms with Gasteiger partial charge in [0.1, 0.15) is 5.82 Å². The Morgan fingerprint density at radius 2 is 1.89 bits per heavy atom. The van der Waals surface area contributed by atoms with E-state index < -0.39 is 17.5 Å². The van der Waals surface area contributed by atoms with Crippen molar-refractivity contribution in [2.45, 2.75) is 13.5 Å². The number of halogens is 3. The average molecular weight is 255 g/mol. The van der Waals surface area contributed by atoms with Gasteiger partial charge in [-0.15, -0.1) is 0 Å². The van der Waals surface area contributed by atoms with Crippen LogP contribution in [0.2, 0.25) is 0 Å². The first-order valence-electron chi connectivity index (χ1n) is 5.51. The van der Waals surface area contributed by atoms with E-state index in [9.17, 15) is 13.2 Å². The third-order valence-corrected chi connectivity index (χ3v) is 2.45. The van der Waals surface area contributed by atoms with E-state index in [4.69, 9.17) is 0 Å². The Morgan fingerprint density at radius 3 is 2.50 bits per heavy atom. The number of imidazole rings is 1. The molecule has 0 saturated heterocycles. The number of rotatable bonds is 4. The lowest BCUT2D eigenvalue weighted by Gasteiger charge is -2.00. The lowest BCUT2D eigenvalue weighted by Crippen LogP contribution is -2.11. The van der Waals surface area contributed by atoms with Crippen LogP contribution in [0.5, 0.6) is 0 Å². The molecule has 1 aromatic carbocycles. The molecule has 0 unspecified atom stereocenters. The zero-order chi connectivity index (χ0) is 13.1. The molecule has 0 fully saturated rings. The lowest BCUT2D eigenvalue weighted by atomic mass is 10.2. The molecule has 0 aliphatic heterocycles. The maximum atomic E-state index is 13.1. The van der Waals surface area contributed by atoms with Crippen LogP contribution in [0.25, 0.3) is 11.4 Å². The first kappa shape index (κ1) is 12.6. The highest BCUT2D eigenvalue weighted by molar-refractivity contribution is 5.55. The van der Waals surface area contributed by atoms with Gasteiger partial charge in [0.25, 0.3) is 0 Å². The molecule has 0 radical (unpaired) electrons. The van der Waals surface area contributed by atoms with Gasteiger partial charge in [-0.1, -0.05) is 6.92 Å². The topological polar surface area (TPSA) is 40.7 Å². The molecule has 0 atom stereocenters. The van der Waals surface area contributed by atoms with Gasteiger partial charge >= 0.3 is 0 Å². The van der Waals surface area contributed by atoms with Crippen LogP contribution < -0.4 is 5.32 Å². The Kier molecular flexibility index (Phi) is 3.66. The molecule has 96 valence electrons. The van der Waals surface area contributed by atoms with E-state index in [-0.39, 0.29) is 5.56 Å². The molecule has 0 spiro atoms. The third-order valence-electron chi connectivity index (χ3n) is 2.45. The minimum atomic E-state index is -1.47. The second kappa shape index (κ2) is 5.22. The summed E-state index contributed by atoms with van der Waals surface area (Å²) in [4.78, 5) is 6.91. The number of hydrogen-bond acceptors (Lipinski definition) is 2. The second-order valence-corrected chi connectivity index (χ2v) is 3.79. The predicted molar refractivity (Wildman–Crippen MR) is 61.3 cm³/mol. The van der Waals surface area contributed by atoms with Crippen molar-refractivity contribution in [1.29, 1.82) is 0 Å². The van der Waals surface area contributed by atoms with Gasteiger partial charge in [-0.2, -0.15) is 0 Å². The van der Waals surface area contributed by atoms with E-state index in [1.54, 1.807) is 6.20 Å². The van der Waals surface area contributed by atoms with Crippen molar-refractivity contribution in [3.63, 3.8) is 0 Å². The maximum absolute atomic E-state index is 13.1. The zero-order valence-corrected chi connectivity index (χ0v) is 9.73. The van der Waals surface area contributed by atoms with Crippen molar-refractivity contribution < 1.29 is 13.2 Å². The van der Waals surface area contributed by atoms with Gasteiger partial charge in [0.2, 0.25) is 0 Å². The summed E-state index contributed by atoms with van der Waals surface area (Å²) in [7, 11) is 0. The van der Waals surface area contributed by atoms with Crippen LogP contribution in [-0.4, -0.2) is 16.5 Å². The maximum Gasteiger partial charge on any atom is 0.194 e. The highest BCUT2D eigenvalue weighted by Crippen LogP contribution is 2.21. The van der Waals surface area contributed by atoms with E-state index in [1.165, 1.54) is 0 Å². The zero-order valence-electron chi connectivity index (χ0n) is 9.73. The fraction of sp³-hybridized carbons (Fsp3) is 0.250. The smallest absolute Gasteiger partial charge is 0.194 e. The van der Waals surface area contributed by atoms with E-state index in [2.05, 4.69) is 15.3 Å². The van der Waals surface area contributed by atoms with Gasteiger partial charge < -0.3 is 10.3 Å². The SMILES string of the molecule is CCNCc1cnc(-c2cc(F)c(F)c(F)c2)[nH]1. The molecule has 0 aliphatic rings. The lowest BCUT2D eigenvalue weighted by molar-refractivity contribution is 0.447. The molecule has 6 heteroatoms. The normalized spacial score (nSPS) is 10.9. The van der Waals surface area contributed by atoms with Crippen LogP contribution >= 0.6 is 0 Å². The van der Waals surface area contributed by atoms with Crippen LogP contribution in [-0.2, 0) is 6.54 Å². The molecule has 0 amide bonds. The van der Waals surface area contributed by atoms with Crippen LogP contribution in [0.4, 0.5) is 13.2 Å². The molecule has 18 heavy (non-hydrogen) atoms. The Morgan fingerprint density at radius 1 is 1.22 bits per heavy atom. The summed E-state index contributed by atoms with van der Waals surface area (Å²) in [5, 5.41) is 3.08. The highest BCUT2D eigenvalue weighted by Gasteiger charge is 2.13. The summed E-state index contributed by atoms with van der Waals surface area (Å²) in [5.41, 5.74) is 0.964. The summed E-state index contributed by atoms with van der Waals surface area (Å²) in [5.74, 6) is -3.62. The van der Waals surface area contributed by atoms with E-state index in [1.807, 2.05) is 6.92 Å². The van der Waals surface area contributed by atoms with Crippen molar-refractivity contribution in [2.24, 2.45) is 0 Å². The van der Waals surface area contributed by atoms with Crippen LogP contribution in [0.3, 0.4) is 0 Å². The molecule has 3 nitrogen and oxygen atoms in total. The first-order chi connectivity index (χ1) is 8.61. The summed E-state index contributed by atoms with van der Waals surface area (Å²) in [6, 6.07) is 1.82. The molecule has 1 heterocycles. The molecular formula is C12H12F3N3. The predicted octanol–water partition coefficient (Wildman–Crippen LogP) is 2.60. The quantitative estimate of drug-likeness (QED) is 0.824. The highest BCUT2D eigenvalue weighted by atomic mass is 19.2. The van der Waals surface area contributed by atoms with Crippen LogP contribution in [0, 0.1) is 17.5 Å². The number of aromatic nitrogens is 2. The Labute approximate surface area is 102 Å². The van der Waals surface area contributed by atoms with Gasteiger partial charge in [0.05, 0.1) is 0 Å². The van der Waals surface area contributed by atoms with Crippen LogP contribution in [0.1, 0.15) is 12.6 Å². The van der Waals surface area contributed by atoms with E-state index >= 15 is 0 Å². The molecule has 2 N–H and O–H groups in total. The fourth-order valence-corrected chi connectivity index (χ4v) is 1.55. The minimum Gasteiger partial charge on any atom is -0.341 e. The van der Waals surface area contributed by atoms with E-state index in [0.29, 0.717) is 12.4 Å². The number of nitrogens with zero attached hydrogens (tertiary/aromatic N) is 1. The van der Waals surface area contributed by atoms with Gasteiger partial charge in [0, 0.05) is 24.0 Å². The van der Waals surface area contributed by atoms with Crippen molar-refractivity contribution in [2.75, 3.05) is 6.54 Å². The average Bonchev–Trinajstić information content (AvgIpc) is 2.81. The standard InChI is InChI=1S/C12H12F3N3/c1-2-16-5-8-6-17-12(18-8)7-3-9(13)11(15)10(14)4-7/h3-4,6,16H,2,5H2,1H3,(H,17,18). The van der Waals surface area contributed by atoms with Crippen molar-refractivity contribution in [3.05, 3.63) is 41.5 Å². The second-order valence-electron chi connectivity index (χ2n) is 3.79. The Hall–Kier alpha value is -1.82. The molecule has 2 aromatic rings. The summed E-state index contributed by atoms with van der Waals surface area (Å²) >= 11 is 0. The first-order valence-corrected chi connectivity index (χ1v) is 5.51. The molecular weight excluding hydrogens is 243 g/mol. The Bertz CT molecular complexity index is 528. The van der Waals surface area contributed by atoms with Gasteiger partial charge in [-0.25, -0.2) is 18.2 Å².